The van der Waals surface area contributed by atoms with E-state index in [0.29, 0.717) is 17.1 Å². The lowest BCUT2D eigenvalue weighted by Crippen LogP contribution is -2.40. The van der Waals surface area contributed by atoms with Crippen molar-refractivity contribution in [1.29, 1.82) is 0 Å². The molecule has 2 heterocycles. The fourth-order valence-electron chi connectivity index (χ4n) is 4.23. The molecule has 4 heteroatoms. The normalized spacial score (nSPS) is 16.2. The summed E-state index contributed by atoms with van der Waals surface area (Å²) in [5, 5.41) is 1.73. The van der Waals surface area contributed by atoms with Gasteiger partial charge in [-0.15, -0.1) is 0 Å². The van der Waals surface area contributed by atoms with E-state index in [0.717, 1.165) is 23.2 Å². The largest absolute Gasteiger partial charge is 0.356 e. The summed E-state index contributed by atoms with van der Waals surface area (Å²) in [5.74, 6) is -0.0382. The molecule has 0 fully saturated rings. The zero-order valence-corrected chi connectivity index (χ0v) is 16.0. The van der Waals surface area contributed by atoms with Gasteiger partial charge in [0, 0.05) is 23.1 Å². The van der Waals surface area contributed by atoms with E-state index >= 15 is 0 Å². The highest BCUT2D eigenvalue weighted by molar-refractivity contribution is 6.33. The smallest absolute Gasteiger partial charge is 0.256 e. The van der Waals surface area contributed by atoms with Crippen LogP contribution in [0, 0.1) is 0 Å². The zero-order chi connectivity index (χ0) is 19.1. The second-order valence-electron chi connectivity index (χ2n) is 7.10. The Balaban J connectivity index is 1.68. The molecule has 1 aliphatic heterocycles. The molecule has 0 bridgehead atoms. The van der Waals surface area contributed by atoms with E-state index < -0.39 is 0 Å². The van der Waals surface area contributed by atoms with Gasteiger partial charge < -0.3 is 9.88 Å². The lowest BCUT2D eigenvalue weighted by molar-refractivity contribution is 0.0692. The minimum atomic E-state index is -0.166. The number of para-hydroxylation sites is 1. The second-order valence-corrected chi connectivity index (χ2v) is 7.51. The Morgan fingerprint density at radius 3 is 2.46 bits per heavy atom. The summed E-state index contributed by atoms with van der Waals surface area (Å²) < 4.78 is 0. The van der Waals surface area contributed by atoms with E-state index in [1.807, 2.05) is 41.3 Å². The highest BCUT2D eigenvalue weighted by Gasteiger charge is 2.35. The number of aromatic amines is 1. The fraction of sp³-hybridized carbons (Fsp3) is 0.125. The standard InChI is InChI=1S/C24H19ClN2O/c25-20-12-6-4-11-19(20)24(28)27-15-14-18-17-10-5-7-13-21(17)26-22(18)23(27)16-8-2-1-3-9-16/h1-13,23,26H,14-15H2/t23-/m0/s1. The van der Waals surface area contributed by atoms with Crippen LogP contribution in [-0.2, 0) is 6.42 Å². The number of fused-ring (bicyclic) bond motifs is 3. The number of amides is 1. The number of benzene rings is 3. The average Bonchev–Trinajstić information content (AvgIpc) is 3.12. The van der Waals surface area contributed by atoms with Crippen molar-refractivity contribution in [2.75, 3.05) is 6.54 Å². The van der Waals surface area contributed by atoms with Crippen molar-refractivity contribution < 1.29 is 4.79 Å². The molecule has 1 atom stereocenters. The summed E-state index contributed by atoms with van der Waals surface area (Å²) in [5.41, 5.74) is 5.15. The molecular formula is C24H19ClN2O. The highest BCUT2D eigenvalue weighted by atomic mass is 35.5. The van der Waals surface area contributed by atoms with Crippen LogP contribution in [0.25, 0.3) is 10.9 Å². The van der Waals surface area contributed by atoms with Gasteiger partial charge in [0.15, 0.2) is 0 Å². The predicted octanol–water partition coefficient (Wildman–Crippen LogP) is 5.61. The topological polar surface area (TPSA) is 36.1 Å². The van der Waals surface area contributed by atoms with E-state index in [4.69, 9.17) is 11.6 Å². The fourth-order valence-corrected chi connectivity index (χ4v) is 4.45. The van der Waals surface area contributed by atoms with E-state index in [1.54, 1.807) is 12.1 Å². The molecule has 1 aromatic heterocycles. The van der Waals surface area contributed by atoms with Crippen LogP contribution in [-0.4, -0.2) is 22.3 Å². The van der Waals surface area contributed by atoms with E-state index in [-0.39, 0.29) is 11.9 Å². The average molecular weight is 387 g/mol. The first-order valence-corrected chi connectivity index (χ1v) is 9.82. The first kappa shape index (κ1) is 17.1. The van der Waals surface area contributed by atoms with Crippen LogP contribution in [0.5, 0.6) is 0 Å². The third kappa shape index (κ3) is 2.71. The Morgan fingerprint density at radius 2 is 1.64 bits per heavy atom. The van der Waals surface area contributed by atoms with Gasteiger partial charge in [0.1, 0.15) is 0 Å². The number of nitrogens with one attached hydrogen (secondary N) is 1. The summed E-state index contributed by atoms with van der Waals surface area (Å²) in [6.07, 6.45) is 0.818. The molecule has 3 aromatic carbocycles. The number of nitrogens with zero attached hydrogens (tertiary/aromatic N) is 1. The highest BCUT2D eigenvalue weighted by Crippen LogP contribution is 2.39. The van der Waals surface area contributed by atoms with Gasteiger partial charge in [0.2, 0.25) is 0 Å². The summed E-state index contributed by atoms with van der Waals surface area (Å²) in [6, 6.07) is 25.6. The maximum atomic E-state index is 13.5. The summed E-state index contributed by atoms with van der Waals surface area (Å²) >= 11 is 6.34. The van der Waals surface area contributed by atoms with Crippen LogP contribution in [0.4, 0.5) is 0 Å². The minimum Gasteiger partial charge on any atom is -0.356 e. The molecule has 0 aliphatic carbocycles. The Labute approximate surface area is 168 Å². The van der Waals surface area contributed by atoms with Gasteiger partial charge in [0.25, 0.3) is 5.91 Å². The molecule has 3 nitrogen and oxygen atoms in total. The number of hydrogen-bond acceptors (Lipinski definition) is 1. The van der Waals surface area contributed by atoms with Gasteiger partial charge in [0.05, 0.1) is 16.6 Å². The van der Waals surface area contributed by atoms with Crippen LogP contribution in [0.2, 0.25) is 5.02 Å². The third-order valence-corrected chi connectivity index (χ3v) is 5.84. The monoisotopic (exact) mass is 386 g/mol. The van der Waals surface area contributed by atoms with Gasteiger partial charge in [-0.3, -0.25) is 4.79 Å². The molecule has 0 unspecified atom stereocenters. The number of halogens is 1. The number of H-pyrrole nitrogens is 1. The third-order valence-electron chi connectivity index (χ3n) is 5.51. The molecule has 138 valence electrons. The van der Waals surface area contributed by atoms with E-state index in [9.17, 15) is 4.79 Å². The number of rotatable bonds is 2. The molecule has 1 amide bonds. The Kier molecular flexibility index (Phi) is 4.18. The van der Waals surface area contributed by atoms with Gasteiger partial charge in [-0.2, -0.15) is 0 Å². The van der Waals surface area contributed by atoms with Crippen molar-refractivity contribution in [3.8, 4) is 0 Å². The van der Waals surface area contributed by atoms with Crippen LogP contribution >= 0.6 is 11.6 Å². The molecular weight excluding hydrogens is 368 g/mol. The quantitative estimate of drug-likeness (QED) is 0.477. The minimum absolute atomic E-state index is 0.0382. The first-order valence-electron chi connectivity index (χ1n) is 9.44. The molecule has 1 N–H and O–H groups in total. The Bertz CT molecular complexity index is 1170. The van der Waals surface area contributed by atoms with Gasteiger partial charge >= 0.3 is 0 Å². The van der Waals surface area contributed by atoms with Crippen molar-refractivity contribution in [1.82, 2.24) is 9.88 Å². The molecule has 28 heavy (non-hydrogen) atoms. The van der Waals surface area contributed by atoms with Gasteiger partial charge in [-0.25, -0.2) is 0 Å². The van der Waals surface area contributed by atoms with Crippen LogP contribution in [0.15, 0.2) is 78.9 Å². The van der Waals surface area contributed by atoms with E-state index in [2.05, 4.69) is 35.3 Å². The van der Waals surface area contributed by atoms with Crippen LogP contribution in [0.1, 0.15) is 33.2 Å². The predicted molar refractivity (Wildman–Crippen MR) is 113 cm³/mol. The van der Waals surface area contributed by atoms with Gasteiger partial charge in [-0.1, -0.05) is 72.3 Å². The summed E-state index contributed by atoms with van der Waals surface area (Å²) in [7, 11) is 0. The Morgan fingerprint density at radius 1 is 0.929 bits per heavy atom. The van der Waals surface area contributed by atoms with Crippen LogP contribution in [0.3, 0.4) is 0 Å². The molecule has 5 rings (SSSR count). The van der Waals surface area contributed by atoms with Crippen molar-refractivity contribution in [2.24, 2.45) is 0 Å². The zero-order valence-electron chi connectivity index (χ0n) is 15.2. The van der Waals surface area contributed by atoms with Crippen molar-refractivity contribution in [2.45, 2.75) is 12.5 Å². The van der Waals surface area contributed by atoms with Crippen molar-refractivity contribution in [3.05, 3.63) is 106 Å². The number of carbonyl (C=O) groups excluding carboxylic acids is 1. The molecule has 0 saturated carbocycles. The lowest BCUT2D eigenvalue weighted by Gasteiger charge is -2.36. The summed E-state index contributed by atoms with van der Waals surface area (Å²) in [4.78, 5) is 19.0. The van der Waals surface area contributed by atoms with Crippen molar-refractivity contribution >= 4 is 28.4 Å². The number of hydrogen-bond donors (Lipinski definition) is 1. The van der Waals surface area contributed by atoms with Gasteiger partial charge in [-0.05, 0) is 35.7 Å². The summed E-state index contributed by atoms with van der Waals surface area (Å²) in [6.45, 7) is 0.651. The van der Waals surface area contributed by atoms with Crippen LogP contribution < -0.4 is 0 Å². The molecule has 4 aromatic rings. The molecule has 0 spiro atoms. The Hall–Kier alpha value is -3.04. The molecule has 0 radical (unpaired) electrons. The molecule has 0 saturated heterocycles. The lowest BCUT2D eigenvalue weighted by atomic mass is 9.91. The van der Waals surface area contributed by atoms with E-state index in [1.165, 1.54) is 10.9 Å². The maximum Gasteiger partial charge on any atom is 0.256 e. The number of aromatic nitrogens is 1. The molecule has 1 aliphatic rings. The van der Waals surface area contributed by atoms with Crippen molar-refractivity contribution in [3.63, 3.8) is 0 Å². The SMILES string of the molecule is O=C(c1ccccc1Cl)N1CCc2c([nH]c3ccccc23)[C@@H]1c1ccccc1. The first-order chi connectivity index (χ1) is 13.7. The number of carbonyl (C=O) groups is 1. The maximum absolute atomic E-state index is 13.5. The second kappa shape index (κ2) is 6.84.